The summed E-state index contributed by atoms with van der Waals surface area (Å²) in [5, 5.41) is 6.86. The molecule has 238 valence electrons. The molecule has 1 N–H and O–H groups in total. The molecule has 9 heteroatoms. The highest BCUT2D eigenvalue weighted by Crippen LogP contribution is 2.49. The number of likely N-dealkylation sites (tertiary alicyclic amines) is 1. The van der Waals surface area contributed by atoms with E-state index in [1.807, 2.05) is 0 Å². The third-order valence-corrected chi connectivity index (χ3v) is 9.63. The van der Waals surface area contributed by atoms with Crippen LogP contribution in [0.25, 0.3) is 0 Å². The van der Waals surface area contributed by atoms with Gasteiger partial charge in [0.1, 0.15) is 0 Å². The minimum absolute atomic E-state index is 0.303. The maximum absolute atomic E-state index is 13.6. The number of benzene rings is 1. The van der Waals surface area contributed by atoms with Crippen molar-refractivity contribution >= 4 is 23.0 Å². The molecule has 1 amide bonds. The molecule has 3 aliphatic rings. The number of aryl methyl sites for hydroxylation is 2. The molecule has 3 heterocycles. The summed E-state index contributed by atoms with van der Waals surface area (Å²) < 4.78 is 14.0. The second-order valence-corrected chi connectivity index (χ2v) is 13.0. The van der Waals surface area contributed by atoms with Crippen LogP contribution in [0.3, 0.4) is 0 Å². The fraction of sp³-hybridized carbons (Fsp3) is 0.647. The van der Waals surface area contributed by atoms with Crippen LogP contribution in [0.15, 0.2) is 30.5 Å². The highest BCUT2D eigenvalue weighted by atomic mass is 32.2. The summed E-state index contributed by atoms with van der Waals surface area (Å²) in [5.74, 6) is 3.21. The normalized spacial score (nSPS) is 19.5. The van der Waals surface area contributed by atoms with Crippen LogP contribution in [-0.2, 0) is 18.3 Å². The number of rotatable bonds is 13. The Morgan fingerprint density at radius 3 is 2.40 bits per heavy atom. The first-order valence-electron chi connectivity index (χ1n) is 16.2. The summed E-state index contributed by atoms with van der Waals surface area (Å²) in [4.78, 5) is 27.5. The van der Waals surface area contributed by atoms with Crippen LogP contribution in [0.5, 0.6) is 11.5 Å². The Bertz CT molecular complexity index is 1190. The van der Waals surface area contributed by atoms with Gasteiger partial charge in [-0.15, -0.1) is 0 Å². The van der Waals surface area contributed by atoms with Crippen LogP contribution in [0, 0.1) is 0 Å². The van der Waals surface area contributed by atoms with Crippen molar-refractivity contribution in [2.75, 3.05) is 39.2 Å². The summed E-state index contributed by atoms with van der Waals surface area (Å²) in [6.45, 7) is 7.97. The molecular formula is C34H51N3O5S. The molecule has 2 fully saturated rings. The largest absolute Gasteiger partial charge is 0.473 e. The number of amides is 1. The van der Waals surface area contributed by atoms with Gasteiger partial charge in [-0.1, -0.05) is 39.2 Å². The monoisotopic (exact) mass is 613 g/mol. The molecule has 8 nitrogen and oxygen atoms in total. The van der Waals surface area contributed by atoms with Gasteiger partial charge in [-0.25, -0.2) is 4.79 Å². The van der Waals surface area contributed by atoms with E-state index in [0.717, 1.165) is 87.8 Å². The van der Waals surface area contributed by atoms with E-state index < -0.39 is 5.30 Å². The quantitative estimate of drug-likeness (QED) is 0.254. The Labute approximate surface area is 262 Å². The molecule has 2 aliphatic heterocycles. The van der Waals surface area contributed by atoms with Gasteiger partial charge in [-0.05, 0) is 98.6 Å². The zero-order valence-corrected chi connectivity index (χ0v) is 27.4. The lowest BCUT2D eigenvalue weighted by molar-refractivity contribution is -0.132. The van der Waals surface area contributed by atoms with Crippen LogP contribution in [0.4, 0.5) is 4.79 Å². The molecule has 1 aromatic carbocycles. The minimum Gasteiger partial charge on any atom is -0.473 e. The van der Waals surface area contributed by atoms with Gasteiger partial charge in [0, 0.05) is 50.2 Å². The first kappa shape index (κ1) is 33.2. The van der Waals surface area contributed by atoms with Gasteiger partial charge in [0.05, 0.1) is 6.54 Å². The van der Waals surface area contributed by atoms with Gasteiger partial charge in [0.2, 0.25) is 12.7 Å². The van der Waals surface area contributed by atoms with E-state index in [9.17, 15) is 9.59 Å². The maximum atomic E-state index is 13.6. The van der Waals surface area contributed by atoms with Crippen LogP contribution in [-0.4, -0.2) is 76.0 Å². The number of nitrogens with zero attached hydrogens (tertiary/aromatic N) is 3. The number of hydrogen-bond acceptors (Lipinski definition) is 6. The summed E-state index contributed by atoms with van der Waals surface area (Å²) >= 11 is 0.796. The maximum Gasteiger partial charge on any atom is 0.364 e. The lowest BCUT2D eigenvalue weighted by Crippen LogP contribution is -2.43. The first-order chi connectivity index (χ1) is 20.8. The first-order valence-corrected chi connectivity index (χ1v) is 17.4. The second kappa shape index (κ2) is 16.4. The highest BCUT2D eigenvalue weighted by Gasteiger charge is 2.37. The number of thioether (sulfide) groups is 1. The average molecular weight is 614 g/mol. The predicted octanol–water partition coefficient (Wildman–Crippen LogP) is 7.27. The van der Waals surface area contributed by atoms with Crippen molar-refractivity contribution < 1.29 is 24.2 Å². The number of carbonyl (C=O) groups excluding carboxylic acids is 1. The van der Waals surface area contributed by atoms with Gasteiger partial charge in [0.15, 0.2) is 11.5 Å². The van der Waals surface area contributed by atoms with Gasteiger partial charge >= 0.3 is 5.30 Å². The Hall–Kier alpha value is -2.65. The molecule has 43 heavy (non-hydrogen) atoms. The summed E-state index contributed by atoms with van der Waals surface area (Å²) in [6, 6.07) is 9.39. The second-order valence-electron chi connectivity index (χ2n) is 12.2. The molecule has 1 saturated carbocycles. The zero-order chi connectivity index (χ0) is 30.8. The van der Waals surface area contributed by atoms with E-state index in [-0.39, 0.29) is 0 Å². The Morgan fingerprint density at radius 2 is 1.81 bits per heavy atom. The standard InChI is InChI=1S/C32H47N3O3.C2H4O2S/c1-4-6-16-34(17-7-5-2)31(36)22-35-21-26(18-28(35)14-13-27-12-9-15-33(27)3)25-19-29(24-10-8-11-24)32-30(20-25)37-23-38-32;1-5-2(3)4/h9,12,15,19-20,24,26,28H,4-8,10-11,13-14,16-18,21-23H2,1-3H3;1H3,(H,3,4). The number of aromatic nitrogens is 1. The van der Waals surface area contributed by atoms with Gasteiger partial charge < -0.3 is 24.0 Å². The van der Waals surface area contributed by atoms with Crippen LogP contribution < -0.4 is 9.47 Å². The molecule has 5 rings (SSSR count). The van der Waals surface area contributed by atoms with E-state index in [1.165, 1.54) is 42.3 Å². The molecule has 0 spiro atoms. The molecule has 1 saturated heterocycles. The third kappa shape index (κ3) is 8.94. The lowest BCUT2D eigenvalue weighted by atomic mass is 9.78. The Kier molecular flexibility index (Phi) is 12.7. The summed E-state index contributed by atoms with van der Waals surface area (Å²) in [5.41, 5.74) is 4.08. The van der Waals surface area contributed by atoms with Crippen LogP contribution in [0.2, 0.25) is 0 Å². The molecule has 1 aromatic heterocycles. The fourth-order valence-electron chi connectivity index (χ4n) is 6.44. The van der Waals surface area contributed by atoms with Crippen molar-refractivity contribution in [2.24, 2.45) is 7.05 Å². The van der Waals surface area contributed by atoms with E-state index in [2.05, 4.69) is 65.7 Å². The summed E-state index contributed by atoms with van der Waals surface area (Å²) in [6.07, 6.45) is 15.0. The lowest BCUT2D eigenvalue weighted by Gasteiger charge is -2.29. The van der Waals surface area contributed by atoms with E-state index in [0.29, 0.717) is 37.1 Å². The van der Waals surface area contributed by atoms with Crippen molar-refractivity contribution in [2.45, 2.75) is 95.9 Å². The average Bonchev–Trinajstić information content (AvgIpc) is 3.71. The third-order valence-electron chi connectivity index (χ3n) is 9.28. The van der Waals surface area contributed by atoms with Gasteiger partial charge in [-0.2, -0.15) is 0 Å². The minimum atomic E-state index is -0.829. The fourth-order valence-corrected chi connectivity index (χ4v) is 6.44. The van der Waals surface area contributed by atoms with Crippen LogP contribution >= 0.6 is 11.8 Å². The molecule has 0 radical (unpaired) electrons. The van der Waals surface area contributed by atoms with Gasteiger partial charge in [0.25, 0.3) is 0 Å². The van der Waals surface area contributed by atoms with E-state index >= 15 is 0 Å². The van der Waals surface area contributed by atoms with Gasteiger partial charge in [-0.3, -0.25) is 9.69 Å². The van der Waals surface area contributed by atoms with Crippen molar-refractivity contribution in [3.8, 4) is 11.5 Å². The molecular weight excluding hydrogens is 562 g/mol. The number of carboxylic acid groups (broad SMARTS) is 1. The Morgan fingerprint density at radius 1 is 1.09 bits per heavy atom. The molecule has 2 atom stereocenters. The van der Waals surface area contributed by atoms with E-state index in [4.69, 9.17) is 14.6 Å². The number of ether oxygens (including phenoxy) is 2. The SMILES string of the molecule is CCCCN(CCCC)C(=O)CN1CC(c2cc3c(c(C4CCC4)c2)OCO3)CC1CCc1cccn1C.CSC(=O)O. The summed E-state index contributed by atoms with van der Waals surface area (Å²) in [7, 11) is 2.13. The van der Waals surface area contributed by atoms with Crippen molar-refractivity contribution in [1.29, 1.82) is 0 Å². The Balaban J connectivity index is 0.000000782. The smallest absolute Gasteiger partial charge is 0.364 e. The van der Waals surface area contributed by atoms with Crippen LogP contribution in [0.1, 0.15) is 100 Å². The molecule has 1 aliphatic carbocycles. The molecule has 2 aromatic rings. The van der Waals surface area contributed by atoms with Crippen molar-refractivity contribution in [1.82, 2.24) is 14.4 Å². The predicted molar refractivity (Wildman–Crippen MR) is 174 cm³/mol. The number of fused-ring (bicyclic) bond motifs is 1. The molecule has 0 bridgehead atoms. The molecule has 2 unspecified atom stereocenters. The van der Waals surface area contributed by atoms with Crippen molar-refractivity contribution in [3.63, 3.8) is 0 Å². The number of carbonyl (C=O) groups is 2. The van der Waals surface area contributed by atoms with E-state index in [1.54, 1.807) is 0 Å². The van der Waals surface area contributed by atoms with Crippen molar-refractivity contribution in [3.05, 3.63) is 47.3 Å². The number of hydrogen-bond donors (Lipinski definition) is 1. The zero-order valence-electron chi connectivity index (χ0n) is 26.6. The highest BCUT2D eigenvalue weighted by molar-refractivity contribution is 8.12. The topological polar surface area (TPSA) is 84.2 Å². The number of unbranched alkanes of at least 4 members (excludes halogenated alkanes) is 2.